The van der Waals surface area contributed by atoms with Crippen molar-refractivity contribution in [2.45, 2.75) is 179 Å². The molecule has 7 atom stereocenters. The molecule has 0 radical (unpaired) electrons. The first-order valence-electron chi connectivity index (χ1n) is 23.1. The molecule has 0 aromatic carbocycles. The Morgan fingerprint density at radius 1 is 0.844 bits per heavy atom. The number of rotatable bonds is 38. The Labute approximate surface area is 381 Å². The average Bonchev–Trinajstić information content (AvgIpc) is 3.49. The number of unbranched alkanes of at least 4 members (excludes halogenated alkanes) is 14. The molecule has 0 aliphatic carbocycles. The van der Waals surface area contributed by atoms with E-state index < -0.39 is 61.2 Å². The van der Waals surface area contributed by atoms with Gasteiger partial charge in [-0.15, -0.1) is 0 Å². The second-order valence-corrected chi connectivity index (χ2v) is 20.5. The van der Waals surface area contributed by atoms with Crippen molar-refractivity contribution in [3.05, 3.63) is 12.2 Å². The van der Waals surface area contributed by atoms with Crippen LogP contribution in [0.1, 0.15) is 142 Å². The smallest absolute Gasteiger partial charge is 0.462 e. The monoisotopic (exact) mass is 959 g/mol. The van der Waals surface area contributed by atoms with E-state index in [0.717, 1.165) is 77.0 Å². The number of phosphoric acid groups is 1. The number of aliphatic hydroxyl groups is 1. The predicted octanol–water partition coefficient (Wildman–Crippen LogP) is 5.85. The Morgan fingerprint density at radius 2 is 1.47 bits per heavy atom. The molecule has 4 N–H and O–H groups in total. The Balaban J connectivity index is 1.63. The molecule has 21 heteroatoms. The SMILES string of the molecule is CC(=O)OC[C@H](COP(=O)(O)OCC[N+](C)(C)C)OC(=O)/C=C/CCCCC[C@H]1O[C@]2(CCCCCCCCCCCCCCOC[C@H](CO)NS(=O)(=O)O)CC[C@@H](OC(C)=O)[C@H]1O2. The van der Waals surface area contributed by atoms with Gasteiger partial charge in [0.25, 0.3) is 0 Å². The fourth-order valence-corrected chi connectivity index (χ4v) is 8.83. The molecule has 0 aromatic rings. The van der Waals surface area contributed by atoms with Crippen LogP contribution in [-0.4, -0.2) is 149 Å². The van der Waals surface area contributed by atoms with Crippen LogP contribution in [0.15, 0.2) is 12.2 Å². The molecule has 2 fully saturated rings. The lowest BCUT2D eigenvalue weighted by Gasteiger charge is -2.35. The Morgan fingerprint density at radius 3 is 2.06 bits per heavy atom. The van der Waals surface area contributed by atoms with E-state index in [0.29, 0.717) is 36.9 Å². The first-order valence-corrected chi connectivity index (χ1v) is 26.0. The summed E-state index contributed by atoms with van der Waals surface area (Å²) in [6.07, 6.45) is 20.5. The second kappa shape index (κ2) is 31.1. The summed E-state index contributed by atoms with van der Waals surface area (Å²) in [7, 11) is -3.08. The highest BCUT2D eigenvalue weighted by atomic mass is 32.2. The minimum absolute atomic E-state index is 0.00699. The number of carbonyl (C=O) groups excluding carboxylic acids is 3. The fourth-order valence-electron chi connectivity index (χ4n) is 7.52. The maximum absolute atomic E-state index is 12.5. The van der Waals surface area contributed by atoms with Gasteiger partial charge in [0.05, 0.1) is 53.1 Å². The minimum Gasteiger partial charge on any atom is -0.462 e. The molecule has 2 saturated heterocycles. The van der Waals surface area contributed by atoms with Crippen LogP contribution in [-0.2, 0) is 66.7 Å². The van der Waals surface area contributed by atoms with Gasteiger partial charge in [0.1, 0.15) is 32.0 Å². The van der Waals surface area contributed by atoms with Gasteiger partial charge < -0.3 is 42.9 Å². The molecule has 0 spiro atoms. The zero-order valence-corrected chi connectivity index (χ0v) is 40.7. The van der Waals surface area contributed by atoms with Crippen molar-refractivity contribution in [1.82, 2.24) is 4.72 Å². The number of carbonyl (C=O) groups is 3. The van der Waals surface area contributed by atoms with Gasteiger partial charge in [0, 0.05) is 39.4 Å². The van der Waals surface area contributed by atoms with Crippen LogP contribution in [0.5, 0.6) is 0 Å². The van der Waals surface area contributed by atoms with Crippen LogP contribution >= 0.6 is 7.82 Å². The maximum atomic E-state index is 12.5. The number of nitrogens with zero attached hydrogens (tertiary/aromatic N) is 1. The van der Waals surface area contributed by atoms with Gasteiger partial charge in [-0.3, -0.25) is 23.2 Å². The van der Waals surface area contributed by atoms with Gasteiger partial charge in [0.2, 0.25) is 0 Å². The van der Waals surface area contributed by atoms with Gasteiger partial charge in [-0.25, -0.2) is 9.36 Å². The summed E-state index contributed by atoms with van der Waals surface area (Å²) < 4.78 is 89.7. The van der Waals surface area contributed by atoms with Crippen molar-refractivity contribution in [3.63, 3.8) is 0 Å². The molecule has 19 nitrogen and oxygen atoms in total. The molecule has 1 unspecified atom stereocenters. The minimum atomic E-state index is -4.43. The fraction of sp³-hybridized carbons (Fsp3) is 0.884. The van der Waals surface area contributed by atoms with Gasteiger partial charge in [0.15, 0.2) is 11.9 Å². The zero-order valence-electron chi connectivity index (χ0n) is 39.0. The number of phosphoric ester groups is 1. The van der Waals surface area contributed by atoms with Crippen molar-refractivity contribution in [1.29, 1.82) is 0 Å². The molecule has 374 valence electrons. The van der Waals surface area contributed by atoms with Crippen molar-refractivity contribution in [2.24, 2.45) is 0 Å². The number of fused-ring (bicyclic) bond motifs is 2. The van der Waals surface area contributed by atoms with E-state index in [1.165, 1.54) is 52.0 Å². The third kappa shape index (κ3) is 28.2. The molecular formula is C43H80N2O17PS+. The maximum Gasteiger partial charge on any atom is 0.472 e. The van der Waals surface area contributed by atoms with Crippen LogP contribution in [0.4, 0.5) is 0 Å². The average molecular weight is 960 g/mol. The number of aliphatic hydroxyl groups excluding tert-OH is 1. The number of quaternary nitrogens is 1. The van der Waals surface area contributed by atoms with Gasteiger partial charge >= 0.3 is 36.0 Å². The topological polar surface area (TPSA) is 249 Å². The van der Waals surface area contributed by atoms with E-state index in [-0.39, 0.29) is 44.1 Å². The number of allylic oxidation sites excluding steroid dienone is 1. The van der Waals surface area contributed by atoms with Crippen LogP contribution in [0.2, 0.25) is 0 Å². The molecule has 64 heavy (non-hydrogen) atoms. The van der Waals surface area contributed by atoms with E-state index in [2.05, 4.69) is 0 Å². The number of likely N-dealkylation sites (N-methyl/N-ethyl adjacent to an activating group) is 1. The van der Waals surface area contributed by atoms with Gasteiger partial charge in [-0.1, -0.05) is 83.1 Å². The molecule has 2 aliphatic heterocycles. The third-order valence-electron chi connectivity index (χ3n) is 10.8. The van der Waals surface area contributed by atoms with Gasteiger partial charge in [-0.05, 0) is 38.5 Å². The van der Waals surface area contributed by atoms with E-state index in [1.807, 2.05) is 25.9 Å². The predicted molar refractivity (Wildman–Crippen MR) is 237 cm³/mol. The first-order chi connectivity index (χ1) is 30.2. The molecular weight excluding hydrogens is 880 g/mol. The van der Waals surface area contributed by atoms with E-state index in [4.69, 9.17) is 47.1 Å². The van der Waals surface area contributed by atoms with Crippen LogP contribution < -0.4 is 4.72 Å². The Hall–Kier alpha value is -2.07. The lowest BCUT2D eigenvalue weighted by molar-refractivity contribution is -0.870. The summed E-state index contributed by atoms with van der Waals surface area (Å²) in [5.74, 6) is -2.29. The van der Waals surface area contributed by atoms with E-state index in [1.54, 1.807) is 6.08 Å². The number of nitrogens with one attached hydrogen (secondary N) is 1. The van der Waals surface area contributed by atoms with Crippen molar-refractivity contribution in [3.8, 4) is 0 Å². The Kier molecular flexibility index (Phi) is 28.2. The third-order valence-corrected chi connectivity index (χ3v) is 12.5. The number of hydrogen-bond donors (Lipinski definition) is 4. The summed E-state index contributed by atoms with van der Waals surface area (Å²) in [4.78, 5) is 45.8. The van der Waals surface area contributed by atoms with Crippen molar-refractivity contribution in [2.75, 3.05) is 67.3 Å². The summed E-state index contributed by atoms with van der Waals surface area (Å²) >= 11 is 0. The van der Waals surface area contributed by atoms with E-state index >= 15 is 0 Å². The zero-order chi connectivity index (χ0) is 47.5. The summed E-state index contributed by atoms with van der Waals surface area (Å²) in [6.45, 7) is 2.22. The van der Waals surface area contributed by atoms with Gasteiger partial charge in [-0.2, -0.15) is 13.1 Å². The van der Waals surface area contributed by atoms with Crippen molar-refractivity contribution >= 4 is 36.0 Å². The van der Waals surface area contributed by atoms with Crippen LogP contribution in [0.25, 0.3) is 0 Å². The molecule has 2 heterocycles. The molecule has 2 bridgehead atoms. The molecule has 2 aliphatic rings. The number of hydrogen-bond acceptors (Lipinski definition) is 15. The lowest BCUT2D eigenvalue weighted by atomic mass is 9.94. The number of ether oxygens (including phenoxy) is 6. The first kappa shape index (κ1) is 58.1. The normalized spacial score (nSPS) is 22.0. The summed E-state index contributed by atoms with van der Waals surface area (Å²) in [5.41, 5.74) is 0. The molecule has 2 rings (SSSR count). The van der Waals surface area contributed by atoms with Crippen molar-refractivity contribution < 1.29 is 83.9 Å². The molecule has 0 amide bonds. The second-order valence-electron chi connectivity index (χ2n) is 17.9. The molecule has 0 aromatic heterocycles. The highest BCUT2D eigenvalue weighted by molar-refractivity contribution is 7.83. The highest BCUT2D eigenvalue weighted by Gasteiger charge is 2.54. The van der Waals surface area contributed by atoms with Crippen LogP contribution in [0.3, 0.4) is 0 Å². The standard InChI is InChI=1S/C43H79N2O17PS/c1-35(47)56-33-38(34-58-63(50,51)57-30-28-45(3,4)5)60-41(49)24-20-16-14-15-19-23-40-42-39(59-36(2)48)25-27-43(61-40,62-42)26-21-17-12-10-8-6-7-9-11-13-18-22-29-55-32-37(31-46)44-64(52,53)54/h20,24,37-40,42,44,46H,6-19,21-23,25-34H2,1-5H3,(H-,50,51,52,53,54)/p+1/b24-20+/t37-,38+,39+,40+,42+,43-/m0/s1. The summed E-state index contributed by atoms with van der Waals surface area (Å²) in [6, 6.07) is -0.857. The quantitative estimate of drug-likeness (QED) is 0.0108. The largest absolute Gasteiger partial charge is 0.472 e. The van der Waals surface area contributed by atoms with Crippen LogP contribution in [0, 0.1) is 0 Å². The van der Waals surface area contributed by atoms with E-state index in [9.17, 15) is 32.3 Å². The number of esters is 3. The highest BCUT2D eigenvalue weighted by Crippen LogP contribution is 2.46. The molecule has 0 saturated carbocycles. The lowest BCUT2D eigenvalue weighted by Crippen LogP contribution is -2.43. The summed E-state index contributed by atoms with van der Waals surface area (Å²) in [5, 5.41) is 9.16. The Bertz CT molecular complexity index is 1530.